The summed E-state index contributed by atoms with van der Waals surface area (Å²) in [6, 6.07) is 0. The van der Waals surface area contributed by atoms with Crippen LogP contribution in [-0.4, -0.2) is 37.9 Å². The summed E-state index contributed by atoms with van der Waals surface area (Å²) in [5, 5.41) is 0. The van der Waals surface area contributed by atoms with Crippen molar-refractivity contribution in [3.63, 3.8) is 0 Å². The lowest BCUT2D eigenvalue weighted by molar-refractivity contribution is -0.163. The quantitative estimate of drug-likeness (QED) is 0.0354. The molecule has 5 nitrogen and oxygen atoms in total. The van der Waals surface area contributed by atoms with Crippen LogP contribution in [0.5, 0.6) is 0 Å². The molecule has 0 aromatic heterocycles. The van der Waals surface area contributed by atoms with Gasteiger partial charge in [-0.2, -0.15) is 0 Å². The molecule has 310 valence electrons. The molecule has 0 aromatic carbocycles. The van der Waals surface area contributed by atoms with Gasteiger partial charge in [-0.3, -0.25) is 9.59 Å². The molecular formula is C49H84O5. The van der Waals surface area contributed by atoms with Crippen molar-refractivity contribution in [3.8, 4) is 0 Å². The number of allylic oxidation sites excluding steroid dienone is 12. The van der Waals surface area contributed by atoms with Crippen molar-refractivity contribution in [2.75, 3.05) is 19.8 Å². The normalized spacial score (nSPS) is 12.9. The summed E-state index contributed by atoms with van der Waals surface area (Å²) in [6.07, 6.45) is 56.1. The summed E-state index contributed by atoms with van der Waals surface area (Å²) in [5.41, 5.74) is 0. The summed E-state index contributed by atoms with van der Waals surface area (Å²) in [7, 11) is 0. The third kappa shape index (κ3) is 42.1. The maximum absolute atomic E-state index is 12.7. The molecule has 0 amide bonds. The molecule has 1 atom stereocenters. The van der Waals surface area contributed by atoms with E-state index in [4.69, 9.17) is 14.2 Å². The Balaban J connectivity index is 4.35. The van der Waals surface area contributed by atoms with Gasteiger partial charge >= 0.3 is 11.9 Å². The van der Waals surface area contributed by atoms with E-state index in [0.717, 1.165) is 83.5 Å². The monoisotopic (exact) mass is 753 g/mol. The van der Waals surface area contributed by atoms with Crippen molar-refractivity contribution < 1.29 is 23.8 Å². The smallest absolute Gasteiger partial charge is 0.306 e. The molecular weight excluding hydrogens is 669 g/mol. The molecule has 0 fully saturated rings. The lowest BCUT2D eigenvalue weighted by atomic mass is 10.1. The van der Waals surface area contributed by atoms with E-state index in [1.807, 2.05) is 0 Å². The second-order valence-electron chi connectivity index (χ2n) is 14.6. The Hall–Kier alpha value is -2.66. The van der Waals surface area contributed by atoms with E-state index >= 15 is 0 Å². The van der Waals surface area contributed by atoms with E-state index in [0.29, 0.717) is 19.4 Å². The van der Waals surface area contributed by atoms with E-state index in [-0.39, 0.29) is 25.2 Å². The summed E-state index contributed by atoms with van der Waals surface area (Å²) >= 11 is 0. The molecule has 0 N–H and O–H groups in total. The molecule has 0 aliphatic heterocycles. The van der Waals surface area contributed by atoms with E-state index in [1.165, 1.54) is 83.5 Å². The number of carbonyl (C=O) groups is 2. The fraction of sp³-hybridized carbons (Fsp3) is 0.714. The van der Waals surface area contributed by atoms with Gasteiger partial charge < -0.3 is 14.2 Å². The van der Waals surface area contributed by atoms with Crippen LogP contribution in [0.1, 0.15) is 201 Å². The largest absolute Gasteiger partial charge is 0.462 e. The van der Waals surface area contributed by atoms with Crippen molar-refractivity contribution in [2.45, 2.75) is 207 Å². The summed E-state index contributed by atoms with van der Waals surface area (Å²) < 4.78 is 17.2. The summed E-state index contributed by atoms with van der Waals surface area (Å²) in [4.78, 5) is 25.2. The van der Waals surface area contributed by atoms with Crippen LogP contribution in [0, 0.1) is 0 Å². The van der Waals surface area contributed by atoms with Gasteiger partial charge in [0, 0.05) is 19.4 Å². The molecule has 0 bridgehead atoms. The molecule has 0 saturated heterocycles. The van der Waals surface area contributed by atoms with Crippen molar-refractivity contribution in [1.29, 1.82) is 0 Å². The number of ether oxygens (including phenoxy) is 3. The molecule has 0 aliphatic rings. The zero-order valence-electron chi connectivity index (χ0n) is 35.5. The fourth-order valence-electron chi connectivity index (χ4n) is 5.81. The SMILES string of the molecule is CC/C=C\C/C=C\C/C=C\C/C=C\CCCCC(=O)OCC(COCCCCCCCC/C=C\CCCC)OC(=O)CCCCCCC/C=C\CCCC. The lowest BCUT2D eigenvalue weighted by Gasteiger charge is -2.18. The maximum Gasteiger partial charge on any atom is 0.306 e. The molecule has 0 aliphatic carbocycles. The van der Waals surface area contributed by atoms with Crippen LogP contribution in [0.3, 0.4) is 0 Å². The fourth-order valence-corrected chi connectivity index (χ4v) is 5.81. The van der Waals surface area contributed by atoms with Crippen LogP contribution in [0.2, 0.25) is 0 Å². The van der Waals surface area contributed by atoms with Crippen LogP contribution >= 0.6 is 0 Å². The molecule has 0 aromatic rings. The Morgan fingerprint density at radius 2 is 0.833 bits per heavy atom. The predicted molar refractivity (Wildman–Crippen MR) is 233 cm³/mol. The first-order valence-electron chi connectivity index (χ1n) is 22.5. The van der Waals surface area contributed by atoms with Gasteiger partial charge in [0.05, 0.1) is 6.61 Å². The molecule has 0 spiro atoms. The highest BCUT2D eigenvalue weighted by atomic mass is 16.6. The van der Waals surface area contributed by atoms with Gasteiger partial charge in [0.1, 0.15) is 6.61 Å². The summed E-state index contributed by atoms with van der Waals surface area (Å²) in [5.74, 6) is -0.463. The standard InChI is InChI=1S/C49H84O5/c1-4-7-10-13-16-19-22-24-25-26-28-30-33-36-39-42-48(50)53-46-47(45-52-44-41-38-35-32-29-23-20-17-14-11-8-5-2)54-49(51)43-40-37-34-31-27-21-18-15-12-9-6-3/h7,10,14-19,24-25,28,30,47H,4-6,8-9,11-13,20-23,26-27,29,31-46H2,1-3H3/b10-7-,17-14-,18-15-,19-16-,25-24-,30-28-. The Morgan fingerprint density at radius 3 is 1.39 bits per heavy atom. The number of hydrogen-bond donors (Lipinski definition) is 0. The van der Waals surface area contributed by atoms with Gasteiger partial charge in [0.15, 0.2) is 6.10 Å². The van der Waals surface area contributed by atoms with E-state index in [2.05, 4.69) is 93.7 Å². The average Bonchev–Trinajstić information content (AvgIpc) is 3.17. The first-order valence-corrected chi connectivity index (χ1v) is 22.5. The molecule has 54 heavy (non-hydrogen) atoms. The molecule has 0 saturated carbocycles. The van der Waals surface area contributed by atoms with Crippen molar-refractivity contribution >= 4 is 11.9 Å². The topological polar surface area (TPSA) is 61.8 Å². The van der Waals surface area contributed by atoms with E-state index in [1.54, 1.807) is 0 Å². The van der Waals surface area contributed by atoms with Crippen LogP contribution in [-0.2, 0) is 23.8 Å². The summed E-state index contributed by atoms with van der Waals surface area (Å²) in [6.45, 7) is 7.57. The van der Waals surface area contributed by atoms with Crippen molar-refractivity contribution in [1.82, 2.24) is 0 Å². The molecule has 0 heterocycles. The van der Waals surface area contributed by atoms with Gasteiger partial charge in [-0.1, -0.05) is 164 Å². The van der Waals surface area contributed by atoms with Gasteiger partial charge in [-0.15, -0.1) is 0 Å². The molecule has 0 radical (unpaired) electrons. The van der Waals surface area contributed by atoms with Crippen molar-refractivity contribution in [3.05, 3.63) is 72.9 Å². The van der Waals surface area contributed by atoms with E-state index < -0.39 is 6.10 Å². The zero-order chi connectivity index (χ0) is 39.3. The second kappa shape index (κ2) is 44.7. The zero-order valence-corrected chi connectivity index (χ0v) is 35.5. The maximum atomic E-state index is 12.7. The number of esters is 2. The lowest BCUT2D eigenvalue weighted by Crippen LogP contribution is -2.30. The van der Waals surface area contributed by atoms with Crippen LogP contribution < -0.4 is 0 Å². The minimum absolute atomic E-state index is 0.0557. The Labute approximate surface area is 334 Å². The Morgan fingerprint density at radius 1 is 0.426 bits per heavy atom. The second-order valence-corrected chi connectivity index (χ2v) is 14.6. The number of unbranched alkanes of at least 4 members (excludes halogenated alkanes) is 17. The predicted octanol–water partition coefficient (Wildman–Crippen LogP) is 14.8. The highest BCUT2D eigenvalue weighted by Crippen LogP contribution is 2.12. The van der Waals surface area contributed by atoms with E-state index in [9.17, 15) is 9.59 Å². The Kier molecular flexibility index (Phi) is 42.5. The van der Waals surface area contributed by atoms with Crippen LogP contribution in [0.25, 0.3) is 0 Å². The number of carbonyl (C=O) groups excluding carboxylic acids is 2. The average molecular weight is 753 g/mol. The van der Waals surface area contributed by atoms with Gasteiger partial charge in [0.25, 0.3) is 0 Å². The first kappa shape index (κ1) is 51.3. The van der Waals surface area contributed by atoms with Gasteiger partial charge in [0.2, 0.25) is 0 Å². The molecule has 1 unspecified atom stereocenters. The minimum atomic E-state index is -0.560. The molecule has 0 rings (SSSR count). The number of hydrogen-bond acceptors (Lipinski definition) is 5. The molecule has 5 heteroatoms. The van der Waals surface area contributed by atoms with Crippen LogP contribution in [0.15, 0.2) is 72.9 Å². The highest BCUT2D eigenvalue weighted by Gasteiger charge is 2.17. The van der Waals surface area contributed by atoms with Crippen LogP contribution in [0.4, 0.5) is 0 Å². The Bertz CT molecular complexity index is 988. The third-order valence-electron chi connectivity index (χ3n) is 9.20. The van der Waals surface area contributed by atoms with Gasteiger partial charge in [-0.25, -0.2) is 0 Å². The number of rotatable bonds is 40. The highest BCUT2D eigenvalue weighted by molar-refractivity contribution is 5.70. The third-order valence-corrected chi connectivity index (χ3v) is 9.20. The van der Waals surface area contributed by atoms with Gasteiger partial charge in [-0.05, 0) is 96.3 Å². The minimum Gasteiger partial charge on any atom is -0.462 e. The first-order chi connectivity index (χ1) is 26.6. The van der Waals surface area contributed by atoms with Crippen molar-refractivity contribution in [2.24, 2.45) is 0 Å².